The standard InChI is InChI=1S/C16H21ClN2O4S/c1-3-24(22,23)8-7-18-16(21)13-10-14(20)19(2)15(13)11-5-4-6-12(17)9-11/h4-6,9,13,15H,3,7-8,10H2,1-2H3,(H,18,21). The molecule has 0 radical (unpaired) electrons. The maximum absolute atomic E-state index is 12.5. The Hall–Kier alpha value is -1.60. The Morgan fingerprint density at radius 1 is 1.42 bits per heavy atom. The summed E-state index contributed by atoms with van der Waals surface area (Å²) in [7, 11) is -1.49. The van der Waals surface area contributed by atoms with Crippen molar-refractivity contribution in [3.8, 4) is 0 Å². The zero-order chi connectivity index (χ0) is 17.9. The summed E-state index contributed by atoms with van der Waals surface area (Å²) < 4.78 is 23.0. The monoisotopic (exact) mass is 372 g/mol. The molecular weight excluding hydrogens is 352 g/mol. The van der Waals surface area contributed by atoms with Crippen molar-refractivity contribution in [2.24, 2.45) is 5.92 Å². The summed E-state index contributed by atoms with van der Waals surface area (Å²) >= 11 is 6.01. The van der Waals surface area contributed by atoms with E-state index in [9.17, 15) is 18.0 Å². The zero-order valence-electron chi connectivity index (χ0n) is 13.7. The minimum atomic E-state index is -3.14. The minimum Gasteiger partial charge on any atom is -0.355 e. The maximum Gasteiger partial charge on any atom is 0.226 e. The van der Waals surface area contributed by atoms with Gasteiger partial charge < -0.3 is 10.2 Å². The molecule has 2 atom stereocenters. The van der Waals surface area contributed by atoms with Gasteiger partial charge in [-0.2, -0.15) is 0 Å². The van der Waals surface area contributed by atoms with Crippen LogP contribution in [0, 0.1) is 5.92 Å². The second-order valence-corrected chi connectivity index (χ2v) is 8.75. The Balaban J connectivity index is 2.12. The van der Waals surface area contributed by atoms with Crippen molar-refractivity contribution in [2.45, 2.75) is 19.4 Å². The molecule has 0 bridgehead atoms. The van der Waals surface area contributed by atoms with Gasteiger partial charge in [0.25, 0.3) is 0 Å². The second kappa shape index (κ2) is 7.53. The SMILES string of the molecule is CCS(=O)(=O)CCNC(=O)C1CC(=O)N(C)C1c1cccc(Cl)c1. The Morgan fingerprint density at radius 3 is 2.75 bits per heavy atom. The molecule has 1 aliphatic rings. The van der Waals surface area contributed by atoms with E-state index in [2.05, 4.69) is 5.32 Å². The van der Waals surface area contributed by atoms with Gasteiger partial charge in [0.2, 0.25) is 11.8 Å². The number of amides is 2. The van der Waals surface area contributed by atoms with Crippen molar-refractivity contribution >= 4 is 33.3 Å². The number of hydrogen-bond donors (Lipinski definition) is 1. The quantitative estimate of drug-likeness (QED) is 0.818. The van der Waals surface area contributed by atoms with Crippen LogP contribution in [0.2, 0.25) is 5.02 Å². The van der Waals surface area contributed by atoms with Crippen molar-refractivity contribution in [3.05, 3.63) is 34.9 Å². The van der Waals surface area contributed by atoms with Gasteiger partial charge in [0.1, 0.15) is 0 Å². The van der Waals surface area contributed by atoms with Crippen molar-refractivity contribution in [1.29, 1.82) is 0 Å². The van der Waals surface area contributed by atoms with Gasteiger partial charge in [-0.15, -0.1) is 0 Å². The normalized spacial score (nSPS) is 21.1. The Bertz CT molecular complexity index is 735. The van der Waals surface area contributed by atoms with E-state index in [1.807, 2.05) is 6.07 Å². The molecule has 1 aromatic carbocycles. The first-order chi connectivity index (χ1) is 11.2. The number of benzene rings is 1. The first kappa shape index (κ1) is 18.7. The molecule has 1 N–H and O–H groups in total. The van der Waals surface area contributed by atoms with Crippen LogP contribution in [0.3, 0.4) is 0 Å². The van der Waals surface area contributed by atoms with Gasteiger partial charge in [0.05, 0.1) is 17.7 Å². The molecule has 1 fully saturated rings. The summed E-state index contributed by atoms with van der Waals surface area (Å²) in [5, 5.41) is 3.18. The summed E-state index contributed by atoms with van der Waals surface area (Å²) in [6.45, 7) is 1.61. The number of carbonyl (C=O) groups excluding carboxylic acids is 2. The van der Waals surface area contributed by atoms with Gasteiger partial charge in [-0.05, 0) is 17.7 Å². The molecule has 0 aliphatic carbocycles. The molecule has 2 unspecified atom stereocenters. The first-order valence-corrected chi connectivity index (χ1v) is 9.94. The van der Waals surface area contributed by atoms with E-state index in [-0.39, 0.29) is 36.3 Å². The lowest BCUT2D eigenvalue weighted by Crippen LogP contribution is -2.37. The van der Waals surface area contributed by atoms with E-state index < -0.39 is 21.8 Å². The lowest BCUT2D eigenvalue weighted by molar-refractivity contribution is -0.128. The predicted octanol–water partition coefficient (Wildman–Crippen LogP) is 1.41. The fourth-order valence-corrected chi connectivity index (χ4v) is 3.76. The van der Waals surface area contributed by atoms with E-state index in [0.29, 0.717) is 5.02 Å². The summed E-state index contributed by atoms with van der Waals surface area (Å²) in [5.74, 6) is -1.07. The van der Waals surface area contributed by atoms with Crippen LogP contribution < -0.4 is 5.32 Å². The number of sulfone groups is 1. The fraction of sp³-hybridized carbons (Fsp3) is 0.500. The number of hydrogen-bond acceptors (Lipinski definition) is 4. The van der Waals surface area contributed by atoms with Crippen LogP contribution in [-0.2, 0) is 19.4 Å². The van der Waals surface area contributed by atoms with E-state index >= 15 is 0 Å². The smallest absolute Gasteiger partial charge is 0.226 e. The third-order valence-corrected chi connectivity index (χ3v) is 6.21. The highest BCUT2D eigenvalue weighted by molar-refractivity contribution is 7.91. The molecule has 1 saturated heterocycles. The zero-order valence-corrected chi connectivity index (χ0v) is 15.2. The van der Waals surface area contributed by atoms with Crippen LogP contribution in [0.4, 0.5) is 0 Å². The molecule has 132 valence electrons. The van der Waals surface area contributed by atoms with Gasteiger partial charge in [0, 0.05) is 30.8 Å². The van der Waals surface area contributed by atoms with Crippen LogP contribution in [0.5, 0.6) is 0 Å². The van der Waals surface area contributed by atoms with Gasteiger partial charge in [-0.3, -0.25) is 9.59 Å². The minimum absolute atomic E-state index is 0.0403. The molecule has 2 rings (SSSR count). The van der Waals surface area contributed by atoms with E-state index in [1.54, 1.807) is 37.1 Å². The second-order valence-electron chi connectivity index (χ2n) is 5.84. The lowest BCUT2D eigenvalue weighted by atomic mass is 9.93. The molecule has 1 aromatic rings. The highest BCUT2D eigenvalue weighted by Gasteiger charge is 2.42. The molecule has 2 amide bonds. The molecule has 1 heterocycles. The van der Waals surface area contributed by atoms with Gasteiger partial charge in [-0.1, -0.05) is 30.7 Å². The maximum atomic E-state index is 12.5. The Morgan fingerprint density at radius 2 is 2.12 bits per heavy atom. The molecule has 0 spiro atoms. The summed E-state index contributed by atoms with van der Waals surface area (Å²) in [4.78, 5) is 26.1. The molecule has 1 aliphatic heterocycles. The average molecular weight is 373 g/mol. The van der Waals surface area contributed by atoms with Gasteiger partial charge >= 0.3 is 0 Å². The van der Waals surface area contributed by atoms with Crippen molar-refractivity contribution < 1.29 is 18.0 Å². The average Bonchev–Trinajstić information content (AvgIpc) is 2.83. The largest absolute Gasteiger partial charge is 0.355 e. The molecule has 0 aromatic heterocycles. The Kier molecular flexibility index (Phi) is 5.87. The third kappa shape index (κ3) is 4.27. The van der Waals surface area contributed by atoms with Crippen LogP contribution in [0.15, 0.2) is 24.3 Å². The number of nitrogens with one attached hydrogen (secondary N) is 1. The fourth-order valence-electron chi connectivity index (χ4n) is 2.86. The van der Waals surface area contributed by atoms with Crippen molar-refractivity contribution in [3.63, 3.8) is 0 Å². The summed E-state index contributed by atoms with van der Waals surface area (Å²) in [6, 6.07) is 6.67. The number of halogens is 1. The predicted molar refractivity (Wildman–Crippen MR) is 92.4 cm³/mol. The number of carbonyl (C=O) groups is 2. The number of rotatable bonds is 6. The Labute approximate surface area is 147 Å². The number of nitrogens with zero attached hydrogens (tertiary/aromatic N) is 1. The first-order valence-electron chi connectivity index (χ1n) is 7.74. The van der Waals surface area contributed by atoms with Gasteiger partial charge in [-0.25, -0.2) is 8.42 Å². The highest BCUT2D eigenvalue weighted by atomic mass is 35.5. The summed E-state index contributed by atoms with van der Waals surface area (Å²) in [6.07, 6.45) is 0.0973. The van der Waals surface area contributed by atoms with Crippen LogP contribution in [0.1, 0.15) is 24.9 Å². The molecule has 0 saturated carbocycles. The van der Waals surface area contributed by atoms with E-state index in [4.69, 9.17) is 11.6 Å². The third-order valence-electron chi connectivity index (χ3n) is 4.27. The van der Waals surface area contributed by atoms with Gasteiger partial charge in [0.15, 0.2) is 9.84 Å². The molecule has 8 heteroatoms. The highest BCUT2D eigenvalue weighted by Crippen LogP contribution is 2.37. The molecule has 24 heavy (non-hydrogen) atoms. The lowest BCUT2D eigenvalue weighted by Gasteiger charge is -2.25. The van der Waals surface area contributed by atoms with Crippen LogP contribution >= 0.6 is 11.6 Å². The number of likely N-dealkylation sites (tertiary alicyclic amines) is 1. The van der Waals surface area contributed by atoms with Crippen LogP contribution in [-0.4, -0.2) is 50.2 Å². The molecule has 6 nitrogen and oxygen atoms in total. The van der Waals surface area contributed by atoms with E-state index in [1.165, 1.54) is 0 Å². The van der Waals surface area contributed by atoms with Crippen molar-refractivity contribution in [2.75, 3.05) is 25.1 Å². The summed E-state index contributed by atoms with van der Waals surface area (Å²) in [5.41, 5.74) is 0.789. The van der Waals surface area contributed by atoms with Crippen LogP contribution in [0.25, 0.3) is 0 Å². The van der Waals surface area contributed by atoms with E-state index in [0.717, 1.165) is 5.56 Å². The molecular formula is C16H21ClN2O4S. The topological polar surface area (TPSA) is 83.5 Å². The van der Waals surface area contributed by atoms with Crippen molar-refractivity contribution in [1.82, 2.24) is 10.2 Å².